The van der Waals surface area contributed by atoms with Crippen molar-refractivity contribution in [1.82, 2.24) is 4.90 Å². The summed E-state index contributed by atoms with van der Waals surface area (Å²) in [5.41, 5.74) is 3.29. The molecule has 2 aromatic rings. The summed E-state index contributed by atoms with van der Waals surface area (Å²) >= 11 is 0. The molecule has 0 aromatic heterocycles. The van der Waals surface area contributed by atoms with Crippen LogP contribution in [0.25, 0.3) is 0 Å². The highest BCUT2D eigenvalue weighted by molar-refractivity contribution is 5.96. The minimum atomic E-state index is -0.565. The van der Waals surface area contributed by atoms with Gasteiger partial charge < -0.3 is 19.6 Å². The number of β-amino-alcohol motifs (C(OH)–C–C–N with tert-alkyl or cyclic N) is 1. The predicted molar refractivity (Wildman–Crippen MR) is 124 cm³/mol. The number of para-hydroxylation sites is 1. The number of carbonyl (C=O) groups excluding carboxylic acids is 1. The fraction of sp³-hybridized carbons (Fsp3) is 0.400. The zero-order valence-electron chi connectivity index (χ0n) is 17.9. The third kappa shape index (κ3) is 5.27. The summed E-state index contributed by atoms with van der Waals surface area (Å²) in [6.45, 7) is 8.82. The number of aliphatic hydroxyl groups is 1. The van der Waals surface area contributed by atoms with Crippen molar-refractivity contribution in [2.45, 2.75) is 18.9 Å². The molecule has 2 heterocycles. The summed E-state index contributed by atoms with van der Waals surface area (Å²) in [4.78, 5) is 18.7. The standard InChI is InChI=1S/C25H31N3O3/c1-2-12-28-24-17-23(10-8-20(24)9-11-25(28)30)31-19-22(29)18-26-13-15-27(16-14-26)21-6-4-3-5-7-21/h2-8,10,17,22,29H,1,9,11-16,18-19H2. The molecule has 2 aliphatic rings. The van der Waals surface area contributed by atoms with E-state index in [1.54, 1.807) is 11.0 Å². The van der Waals surface area contributed by atoms with Gasteiger partial charge in [-0.3, -0.25) is 9.69 Å². The Hall–Kier alpha value is -2.83. The number of nitrogens with zero attached hydrogens (tertiary/aromatic N) is 3. The number of aliphatic hydroxyl groups excluding tert-OH is 1. The highest BCUT2D eigenvalue weighted by atomic mass is 16.5. The maximum Gasteiger partial charge on any atom is 0.227 e. The van der Waals surface area contributed by atoms with Crippen molar-refractivity contribution in [3.63, 3.8) is 0 Å². The van der Waals surface area contributed by atoms with Crippen LogP contribution in [0.15, 0.2) is 61.2 Å². The van der Waals surface area contributed by atoms with Crippen LogP contribution in [-0.2, 0) is 11.2 Å². The summed E-state index contributed by atoms with van der Waals surface area (Å²) < 4.78 is 5.88. The second-order valence-corrected chi connectivity index (χ2v) is 8.17. The highest BCUT2D eigenvalue weighted by Gasteiger charge is 2.24. The van der Waals surface area contributed by atoms with Gasteiger partial charge >= 0.3 is 0 Å². The van der Waals surface area contributed by atoms with Crippen molar-refractivity contribution < 1.29 is 14.6 Å². The van der Waals surface area contributed by atoms with Crippen LogP contribution < -0.4 is 14.5 Å². The molecular weight excluding hydrogens is 390 g/mol. The van der Waals surface area contributed by atoms with E-state index < -0.39 is 6.10 Å². The minimum absolute atomic E-state index is 0.110. The summed E-state index contributed by atoms with van der Waals surface area (Å²) in [5, 5.41) is 10.5. The van der Waals surface area contributed by atoms with Crippen LogP contribution in [0.2, 0.25) is 0 Å². The van der Waals surface area contributed by atoms with E-state index in [9.17, 15) is 9.90 Å². The Labute approximate surface area is 184 Å². The Morgan fingerprint density at radius 3 is 2.58 bits per heavy atom. The molecule has 1 atom stereocenters. The van der Waals surface area contributed by atoms with Crippen LogP contribution in [0.4, 0.5) is 11.4 Å². The van der Waals surface area contributed by atoms with E-state index >= 15 is 0 Å². The number of carbonyl (C=O) groups is 1. The minimum Gasteiger partial charge on any atom is -0.491 e. The summed E-state index contributed by atoms with van der Waals surface area (Å²) in [6, 6.07) is 16.3. The number of fused-ring (bicyclic) bond motifs is 1. The van der Waals surface area contributed by atoms with Crippen LogP contribution in [0.1, 0.15) is 12.0 Å². The largest absolute Gasteiger partial charge is 0.491 e. The van der Waals surface area contributed by atoms with Gasteiger partial charge in [-0.2, -0.15) is 0 Å². The van der Waals surface area contributed by atoms with Gasteiger partial charge in [0.15, 0.2) is 0 Å². The quantitative estimate of drug-likeness (QED) is 0.665. The second-order valence-electron chi connectivity index (χ2n) is 8.17. The smallest absolute Gasteiger partial charge is 0.227 e. The number of benzene rings is 2. The molecule has 31 heavy (non-hydrogen) atoms. The molecule has 164 valence electrons. The summed E-state index contributed by atoms with van der Waals surface area (Å²) in [6.07, 6.45) is 2.45. The fourth-order valence-corrected chi connectivity index (χ4v) is 4.31. The van der Waals surface area contributed by atoms with E-state index in [0.29, 0.717) is 25.3 Å². The number of aryl methyl sites for hydroxylation is 1. The SMILES string of the molecule is C=CCN1C(=O)CCc2ccc(OCC(O)CN3CCN(c4ccccc4)CC3)cc21. The van der Waals surface area contributed by atoms with Gasteiger partial charge in [-0.05, 0) is 30.2 Å². The Balaban J connectivity index is 1.27. The Morgan fingerprint density at radius 1 is 1.06 bits per heavy atom. The number of hydrogen-bond donors (Lipinski definition) is 1. The number of anilines is 2. The van der Waals surface area contributed by atoms with Crippen molar-refractivity contribution in [2.75, 3.05) is 55.7 Å². The van der Waals surface area contributed by atoms with Gasteiger partial charge in [0.1, 0.15) is 18.5 Å². The lowest BCUT2D eigenvalue weighted by Crippen LogP contribution is -2.49. The maximum absolute atomic E-state index is 12.2. The van der Waals surface area contributed by atoms with E-state index in [1.807, 2.05) is 24.3 Å². The molecule has 6 heteroatoms. The van der Waals surface area contributed by atoms with Crippen molar-refractivity contribution in [1.29, 1.82) is 0 Å². The third-order valence-electron chi connectivity index (χ3n) is 5.97. The van der Waals surface area contributed by atoms with Gasteiger partial charge in [-0.15, -0.1) is 6.58 Å². The summed E-state index contributed by atoms with van der Waals surface area (Å²) in [5.74, 6) is 0.787. The van der Waals surface area contributed by atoms with Crippen molar-refractivity contribution in [3.8, 4) is 5.75 Å². The van der Waals surface area contributed by atoms with Gasteiger partial charge in [-0.1, -0.05) is 30.3 Å². The molecule has 0 spiro atoms. The first-order valence-electron chi connectivity index (χ1n) is 11.0. The van der Waals surface area contributed by atoms with Crippen LogP contribution in [0.5, 0.6) is 5.75 Å². The molecule has 0 saturated carbocycles. The molecule has 1 saturated heterocycles. The first-order chi connectivity index (χ1) is 15.1. The number of ether oxygens (including phenoxy) is 1. The van der Waals surface area contributed by atoms with E-state index in [0.717, 1.165) is 43.9 Å². The predicted octanol–water partition coefficient (Wildman–Crippen LogP) is 2.71. The van der Waals surface area contributed by atoms with E-state index in [2.05, 4.69) is 40.6 Å². The zero-order chi connectivity index (χ0) is 21.6. The molecule has 2 aromatic carbocycles. The number of rotatable bonds is 8. The van der Waals surface area contributed by atoms with Crippen LogP contribution in [0.3, 0.4) is 0 Å². The van der Waals surface area contributed by atoms with E-state index in [4.69, 9.17) is 4.74 Å². The lowest BCUT2D eigenvalue weighted by Gasteiger charge is -2.36. The van der Waals surface area contributed by atoms with E-state index in [-0.39, 0.29) is 12.5 Å². The molecule has 4 rings (SSSR count). The monoisotopic (exact) mass is 421 g/mol. The van der Waals surface area contributed by atoms with Crippen LogP contribution >= 0.6 is 0 Å². The topological polar surface area (TPSA) is 56.3 Å². The number of piperazine rings is 1. The molecule has 6 nitrogen and oxygen atoms in total. The van der Waals surface area contributed by atoms with Crippen LogP contribution in [0, 0.1) is 0 Å². The first kappa shape index (κ1) is 21.4. The number of amides is 1. The van der Waals surface area contributed by atoms with Crippen molar-refractivity contribution in [3.05, 3.63) is 66.7 Å². The maximum atomic E-state index is 12.2. The van der Waals surface area contributed by atoms with Crippen molar-refractivity contribution >= 4 is 17.3 Å². The molecule has 2 aliphatic heterocycles. The summed E-state index contributed by atoms with van der Waals surface area (Å²) in [7, 11) is 0. The van der Waals surface area contributed by atoms with Crippen molar-refractivity contribution in [2.24, 2.45) is 0 Å². The molecule has 0 radical (unpaired) electrons. The Morgan fingerprint density at radius 2 is 1.84 bits per heavy atom. The average Bonchev–Trinajstić information content (AvgIpc) is 2.81. The normalized spacial score (nSPS) is 17.9. The molecule has 1 fully saturated rings. The molecule has 1 amide bonds. The molecule has 1 N–H and O–H groups in total. The molecule has 0 aliphatic carbocycles. The van der Waals surface area contributed by atoms with Gasteiger partial charge in [-0.25, -0.2) is 0 Å². The highest BCUT2D eigenvalue weighted by Crippen LogP contribution is 2.31. The number of hydrogen-bond acceptors (Lipinski definition) is 5. The second kappa shape index (κ2) is 9.98. The van der Waals surface area contributed by atoms with Gasteiger partial charge in [0.05, 0.1) is 5.69 Å². The lowest BCUT2D eigenvalue weighted by molar-refractivity contribution is -0.118. The Kier molecular flexibility index (Phi) is 6.89. The third-order valence-corrected chi connectivity index (χ3v) is 5.97. The molecule has 1 unspecified atom stereocenters. The average molecular weight is 422 g/mol. The first-order valence-corrected chi connectivity index (χ1v) is 11.0. The Bertz CT molecular complexity index is 894. The molecular formula is C25H31N3O3. The lowest BCUT2D eigenvalue weighted by atomic mass is 10.0. The van der Waals surface area contributed by atoms with Gasteiger partial charge in [0, 0.05) is 57.4 Å². The molecule has 0 bridgehead atoms. The van der Waals surface area contributed by atoms with Gasteiger partial charge in [0.25, 0.3) is 0 Å². The fourth-order valence-electron chi connectivity index (χ4n) is 4.31. The zero-order valence-corrected chi connectivity index (χ0v) is 17.9. The van der Waals surface area contributed by atoms with E-state index in [1.165, 1.54) is 5.69 Å². The van der Waals surface area contributed by atoms with Crippen LogP contribution in [-0.4, -0.2) is 67.9 Å². The van der Waals surface area contributed by atoms with Gasteiger partial charge in [0.2, 0.25) is 5.91 Å².